The molecule has 0 fully saturated rings. The number of hydrogen-bond acceptors (Lipinski definition) is 3. The smallest absolute Gasteiger partial charge is 0.207 e. The highest BCUT2D eigenvalue weighted by Crippen LogP contribution is 2.23. The minimum atomic E-state index is -0.356. The van der Waals surface area contributed by atoms with Crippen molar-refractivity contribution in [1.29, 1.82) is 0 Å². The van der Waals surface area contributed by atoms with Gasteiger partial charge in [0.1, 0.15) is 11.3 Å². The third-order valence-electron chi connectivity index (χ3n) is 2.75. The zero-order valence-electron chi connectivity index (χ0n) is 9.76. The van der Waals surface area contributed by atoms with Crippen LogP contribution in [0.4, 0.5) is 10.3 Å². The standard InChI is InChI=1S/C13H11FN4/c1-8-6-10-12(16-7-8)18(13(15)17-10)11-5-3-2-4-9(11)14/h2-7H,1H3,(H2,15,17). The number of nitrogens with two attached hydrogens (primary N) is 1. The number of halogens is 1. The maximum atomic E-state index is 13.8. The maximum Gasteiger partial charge on any atom is 0.207 e. The van der Waals surface area contributed by atoms with Crippen molar-refractivity contribution in [2.75, 3.05) is 5.73 Å². The van der Waals surface area contributed by atoms with E-state index in [1.165, 1.54) is 10.6 Å². The lowest BCUT2D eigenvalue weighted by molar-refractivity contribution is 0.619. The predicted octanol–water partition coefficient (Wildman–Crippen LogP) is 2.45. The molecule has 2 N–H and O–H groups in total. The number of nitrogen functional groups attached to an aromatic ring is 1. The number of anilines is 1. The zero-order valence-corrected chi connectivity index (χ0v) is 9.76. The van der Waals surface area contributed by atoms with Gasteiger partial charge in [-0.2, -0.15) is 0 Å². The van der Waals surface area contributed by atoms with Crippen LogP contribution >= 0.6 is 0 Å². The van der Waals surface area contributed by atoms with Gasteiger partial charge in [-0.05, 0) is 30.7 Å². The topological polar surface area (TPSA) is 56.7 Å². The summed E-state index contributed by atoms with van der Waals surface area (Å²) < 4.78 is 15.3. The first-order valence-corrected chi connectivity index (χ1v) is 5.52. The monoisotopic (exact) mass is 242 g/mol. The van der Waals surface area contributed by atoms with Crippen LogP contribution in [0, 0.1) is 12.7 Å². The first-order valence-electron chi connectivity index (χ1n) is 5.52. The van der Waals surface area contributed by atoms with Crippen LogP contribution in [0.15, 0.2) is 36.5 Å². The molecule has 0 atom stereocenters. The summed E-state index contributed by atoms with van der Waals surface area (Å²) in [6.07, 6.45) is 1.71. The summed E-state index contributed by atoms with van der Waals surface area (Å²) >= 11 is 0. The van der Waals surface area contributed by atoms with Gasteiger partial charge in [0.15, 0.2) is 5.65 Å². The average Bonchev–Trinajstić information content (AvgIpc) is 2.65. The van der Waals surface area contributed by atoms with Gasteiger partial charge in [0.05, 0.1) is 5.69 Å². The maximum absolute atomic E-state index is 13.8. The van der Waals surface area contributed by atoms with Crippen molar-refractivity contribution in [1.82, 2.24) is 14.5 Å². The molecule has 0 saturated carbocycles. The Morgan fingerprint density at radius 1 is 1.28 bits per heavy atom. The Hall–Kier alpha value is -2.43. The molecular weight excluding hydrogens is 231 g/mol. The fraction of sp³-hybridized carbons (Fsp3) is 0.0769. The van der Waals surface area contributed by atoms with E-state index in [0.29, 0.717) is 16.9 Å². The van der Waals surface area contributed by atoms with E-state index in [4.69, 9.17) is 5.73 Å². The van der Waals surface area contributed by atoms with E-state index < -0.39 is 0 Å². The molecule has 2 aromatic heterocycles. The number of para-hydroxylation sites is 1. The van der Waals surface area contributed by atoms with E-state index >= 15 is 0 Å². The Kier molecular flexibility index (Phi) is 2.26. The Morgan fingerprint density at radius 2 is 2.06 bits per heavy atom. The molecule has 1 aromatic carbocycles. The zero-order chi connectivity index (χ0) is 12.7. The molecule has 3 rings (SSSR count). The number of aryl methyl sites for hydroxylation is 1. The van der Waals surface area contributed by atoms with E-state index in [9.17, 15) is 4.39 Å². The Labute approximate surface area is 103 Å². The molecule has 2 heterocycles. The van der Waals surface area contributed by atoms with Crippen LogP contribution in [0.2, 0.25) is 0 Å². The third kappa shape index (κ3) is 1.52. The van der Waals surface area contributed by atoms with Crippen molar-refractivity contribution in [3.05, 3.63) is 47.9 Å². The molecule has 0 radical (unpaired) electrons. The van der Waals surface area contributed by atoms with Crippen molar-refractivity contribution in [3.8, 4) is 5.69 Å². The first kappa shape index (κ1) is 10.7. The van der Waals surface area contributed by atoms with Crippen molar-refractivity contribution in [3.63, 3.8) is 0 Å². The highest BCUT2D eigenvalue weighted by Gasteiger charge is 2.13. The van der Waals surface area contributed by atoms with Gasteiger partial charge in [-0.15, -0.1) is 0 Å². The Bertz CT molecular complexity index is 733. The molecule has 4 nitrogen and oxygen atoms in total. The summed E-state index contributed by atoms with van der Waals surface area (Å²) in [6, 6.07) is 8.28. The second-order valence-corrected chi connectivity index (χ2v) is 4.11. The number of benzene rings is 1. The summed E-state index contributed by atoms with van der Waals surface area (Å²) in [6.45, 7) is 1.92. The van der Waals surface area contributed by atoms with Gasteiger partial charge in [0.2, 0.25) is 5.95 Å². The van der Waals surface area contributed by atoms with Gasteiger partial charge >= 0.3 is 0 Å². The molecule has 0 amide bonds. The second-order valence-electron chi connectivity index (χ2n) is 4.11. The molecule has 0 bridgehead atoms. The number of pyridine rings is 1. The van der Waals surface area contributed by atoms with E-state index in [0.717, 1.165) is 5.56 Å². The van der Waals surface area contributed by atoms with Gasteiger partial charge in [-0.1, -0.05) is 12.1 Å². The van der Waals surface area contributed by atoms with Crippen molar-refractivity contribution < 1.29 is 4.39 Å². The molecule has 18 heavy (non-hydrogen) atoms. The largest absolute Gasteiger partial charge is 0.369 e. The predicted molar refractivity (Wildman–Crippen MR) is 68.0 cm³/mol. The molecule has 3 aromatic rings. The first-order chi connectivity index (χ1) is 8.66. The van der Waals surface area contributed by atoms with E-state index in [-0.39, 0.29) is 11.8 Å². The van der Waals surface area contributed by atoms with Crippen LogP contribution in [0.25, 0.3) is 16.9 Å². The van der Waals surface area contributed by atoms with Crippen LogP contribution < -0.4 is 5.73 Å². The quantitative estimate of drug-likeness (QED) is 0.713. The van der Waals surface area contributed by atoms with E-state index in [1.54, 1.807) is 24.4 Å². The van der Waals surface area contributed by atoms with Gasteiger partial charge < -0.3 is 5.73 Å². The number of rotatable bonds is 1. The fourth-order valence-corrected chi connectivity index (χ4v) is 1.95. The molecule has 0 aliphatic rings. The molecule has 0 unspecified atom stereocenters. The molecule has 0 saturated heterocycles. The van der Waals surface area contributed by atoms with Gasteiger partial charge in [0.25, 0.3) is 0 Å². The SMILES string of the molecule is Cc1cnc2c(c1)nc(N)n2-c1ccccc1F. The molecule has 5 heteroatoms. The number of hydrogen-bond donors (Lipinski definition) is 1. The molecule has 0 aliphatic carbocycles. The molecule has 90 valence electrons. The summed E-state index contributed by atoms with van der Waals surface area (Å²) in [5.74, 6) is -0.126. The van der Waals surface area contributed by atoms with Crippen LogP contribution in [0.5, 0.6) is 0 Å². The van der Waals surface area contributed by atoms with Gasteiger partial charge in [0, 0.05) is 6.20 Å². The molecular formula is C13H11FN4. The third-order valence-corrected chi connectivity index (χ3v) is 2.75. The lowest BCUT2D eigenvalue weighted by atomic mass is 10.3. The van der Waals surface area contributed by atoms with Crippen LogP contribution in [0.3, 0.4) is 0 Å². The van der Waals surface area contributed by atoms with Crippen molar-refractivity contribution >= 4 is 17.1 Å². The number of aromatic nitrogens is 3. The van der Waals surface area contributed by atoms with Crippen molar-refractivity contribution in [2.45, 2.75) is 6.92 Å². The molecule has 0 aliphatic heterocycles. The minimum absolute atomic E-state index is 0.230. The lowest BCUT2D eigenvalue weighted by Gasteiger charge is -2.06. The summed E-state index contributed by atoms with van der Waals surface area (Å²) in [7, 11) is 0. The minimum Gasteiger partial charge on any atom is -0.369 e. The van der Waals surface area contributed by atoms with Gasteiger partial charge in [-0.3, -0.25) is 4.57 Å². The average molecular weight is 242 g/mol. The number of nitrogens with zero attached hydrogens (tertiary/aromatic N) is 3. The van der Waals surface area contributed by atoms with Crippen LogP contribution in [-0.4, -0.2) is 14.5 Å². The number of imidazole rings is 1. The summed E-state index contributed by atoms with van der Waals surface area (Å²) in [5, 5.41) is 0. The van der Waals surface area contributed by atoms with E-state index in [1.807, 2.05) is 13.0 Å². The van der Waals surface area contributed by atoms with Crippen molar-refractivity contribution in [2.24, 2.45) is 0 Å². The second kappa shape index (κ2) is 3.80. The number of fused-ring (bicyclic) bond motifs is 1. The van der Waals surface area contributed by atoms with Gasteiger partial charge in [-0.25, -0.2) is 14.4 Å². The van der Waals surface area contributed by atoms with Crippen LogP contribution in [-0.2, 0) is 0 Å². The van der Waals surface area contributed by atoms with Crippen LogP contribution in [0.1, 0.15) is 5.56 Å². The summed E-state index contributed by atoms with van der Waals surface area (Å²) in [4.78, 5) is 8.48. The Morgan fingerprint density at radius 3 is 2.83 bits per heavy atom. The lowest BCUT2D eigenvalue weighted by Crippen LogP contribution is -2.03. The molecule has 0 spiro atoms. The summed E-state index contributed by atoms with van der Waals surface area (Å²) in [5.41, 5.74) is 8.41. The fourth-order valence-electron chi connectivity index (χ4n) is 1.95. The highest BCUT2D eigenvalue weighted by molar-refractivity contribution is 5.77. The normalized spacial score (nSPS) is 11.0. The Balaban J connectivity index is 2.36. The highest BCUT2D eigenvalue weighted by atomic mass is 19.1. The van der Waals surface area contributed by atoms with E-state index in [2.05, 4.69) is 9.97 Å².